The zero-order valence-corrected chi connectivity index (χ0v) is 11.4. The first-order valence-electron chi connectivity index (χ1n) is 5.94. The summed E-state index contributed by atoms with van der Waals surface area (Å²) < 4.78 is 1.11. The molecule has 2 bridgehead atoms. The van der Waals surface area contributed by atoms with Crippen LogP contribution in [0.15, 0.2) is 22.7 Å². The van der Waals surface area contributed by atoms with Crippen LogP contribution in [0.5, 0.6) is 0 Å². The van der Waals surface area contributed by atoms with Crippen molar-refractivity contribution in [1.29, 1.82) is 0 Å². The van der Waals surface area contributed by atoms with E-state index in [1.807, 2.05) is 18.2 Å². The fourth-order valence-corrected chi connectivity index (χ4v) is 3.76. The molecule has 2 aliphatic rings. The lowest BCUT2D eigenvalue weighted by Gasteiger charge is -2.24. The highest BCUT2D eigenvalue weighted by molar-refractivity contribution is 9.10. The zero-order chi connectivity index (χ0) is 11.1. The van der Waals surface area contributed by atoms with Crippen LogP contribution in [0.3, 0.4) is 0 Å². The quantitative estimate of drug-likeness (QED) is 0.834. The fraction of sp³-hybridized carbons (Fsp3) is 0.538. The van der Waals surface area contributed by atoms with Gasteiger partial charge in [0.1, 0.15) is 0 Å². The number of rotatable bonds is 2. The molecule has 3 rings (SSSR count). The molecule has 0 spiro atoms. The molecule has 3 atom stereocenters. The van der Waals surface area contributed by atoms with Gasteiger partial charge in [0.2, 0.25) is 0 Å². The van der Waals surface area contributed by atoms with Crippen LogP contribution in [0.1, 0.15) is 25.7 Å². The van der Waals surface area contributed by atoms with Gasteiger partial charge in [0, 0.05) is 15.5 Å². The molecular weight excluding hydrogens is 286 g/mol. The Kier molecular flexibility index (Phi) is 2.88. The van der Waals surface area contributed by atoms with Gasteiger partial charge in [-0.3, -0.25) is 0 Å². The zero-order valence-electron chi connectivity index (χ0n) is 9.05. The molecule has 1 N–H and O–H groups in total. The van der Waals surface area contributed by atoms with Gasteiger partial charge in [0.15, 0.2) is 0 Å². The topological polar surface area (TPSA) is 12.0 Å². The maximum absolute atomic E-state index is 6.02. The van der Waals surface area contributed by atoms with Crippen LogP contribution < -0.4 is 5.32 Å². The smallest absolute Gasteiger partial charge is 0.0501 e. The highest BCUT2D eigenvalue weighted by atomic mass is 79.9. The van der Waals surface area contributed by atoms with Crippen LogP contribution in [0.2, 0.25) is 5.02 Å². The lowest BCUT2D eigenvalue weighted by Crippen LogP contribution is -2.25. The summed E-state index contributed by atoms with van der Waals surface area (Å²) in [4.78, 5) is 0. The number of hydrogen-bond acceptors (Lipinski definition) is 1. The number of benzene rings is 1. The molecule has 0 radical (unpaired) electrons. The molecule has 3 unspecified atom stereocenters. The largest absolute Gasteiger partial charge is 0.381 e. The molecule has 1 aromatic carbocycles. The number of halogens is 2. The molecule has 0 saturated heterocycles. The lowest BCUT2D eigenvalue weighted by molar-refractivity contribution is 0.439. The van der Waals surface area contributed by atoms with Crippen LogP contribution in [-0.2, 0) is 0 Å². The molecule has 16 heavy (non-hydrogen) atoms. The van der Waals surface area contributed by atoms with Crippen LogP contribution in [0.4, 0.5) is 5.69 Å². The minimum absolute atomic E-state index is 0.661. The van der Waals surface area contributed by atoms with E-state index >= 15 is 0 Å². The fourth-order valence-electron chi connectivity index (χ4n) is 3.23. The molecule has 2 fully saturated rings. The Morgan fingerprint density at radius 1 is 1.25 bits per heavy atom. The van der Waals surface area contributed by atoms with Gasteiger partial charge in [-0.05, 0) is 65.2 Å². The molecule has 0 heterocycles. The van der Waals surface area contributed by atoms with Gasteiger partial charge in [-0.2, -0.15) is 0 Å². The van der Waals surface area contributed by atoms with Crippen molar-refractivity contribution in [2.45, 2.75) is 31.7 Å². The van der Waals surface area contributed by atoms with E-state index in [1.165, 1.54) is 25.7 Å². The van der Waals surface area contributed by atoms with E-state index in [0.29, 0.717) is 6.04 Å². The van der Waals surface area contributed by atoms with Crippen LogP contribution in [0.25, 0.3) is 0 Å². The molecule has 3 heteroatoms. The molecule has 86 valence electrons. The van der Waals surface area contributed by atoms with Gasteiger partial charge in [0.25, 0.3) is 0 Å². The number of anilines is 1. The SMILES string of the molecule is Clc1ccc(Br)c(NC2CC3CCC2C3)c1. The first-order valence-corrected chi connectivity index (χ1v) is 7.11. The summed E-state index contributed by atoms with van der Waals surface area (Å²) in [5.74, 6) is 1.86. The highest BCUT2D eigenvalue weighted by Crippen LogP contribution is 2.46. The predicted molar refractivity (Wildman–Crippen MR) is 72.0 cm³/mol. The van der Waals surface area contributed by atoms with Crippen molar-refractivity contribution in [3.63, 3.8) is 0 Å². The Labute approximate surface area is 110 Å². The van der Waals surface area contributed by atoms with E-state index in [2.05, 4.69) is 21.2 Å². The van der Waals surface area contributed by atoms with Crippen molar-refractivity contribution in [2.24, 2.45) is 11.8 Å². The number of fused-ring (bicyclic) bond motifs is 2. The Morgan fingerprint density at radius 3 is 2.81 bits per heavy atom. The second kappa shape index (κ2) is 4.23. The van der Waals surface area contributed by atoms with Gasteiger partial charge in [0.05, 0.1) is 5.69 Å². The molecule has 2 aliphatic carbocycles. The van der Waals surface area contributed by atoms with E-state index < -0.39 is 0 Å². The van der Waals surface area contributed by atoms with Gasteiger partial charge in [-0.15, -0.1) is 0 Å². The summed E-state index contributed by atoms with van der Waals surface area (Å²) in [5, 5.41) is 4.45. The first-order chi connectivity index (χ1) is 7.72. The molecular formula is C13H15BrClN. The normalized spacial score (nSPS) is 32.0. The van der Waals surface area contributed by atoms with E-state index in [0.717, 1.165) is 27.0 Å². The summed E-state index contributed by atoms with van der Waals surface area (Å²) in [5.41, 5.74) is 1.14. The third-order valence-corrected chi connectivity index (χ3v) is 4.93. The average Bonchev–Trinajstić information content (AvgIpc) is 2.85. The number of hydrogen-bond donors (Lipinski definition) is 1. The van der Waals surface area contributed by atoms with Crippen molar-refractivity contribution < 1.29 is 0 Å². The summed E-state index contributed by atoms with van der Waals surface area (Å²) in [7, 11) is 0. The molecule has 2 saturated carbocycles. The third kappa shape index (κ3) is 1.98. The monoisotopic (exact) mass is 299 g/mol. The number of nitrogens with one attached hydrogen (secondary N) is 1. The van der Waals surface area contributed by atoms with Crippen molar-refractivity contribution in [2.75, 3.05) is 5.32 Å². The van der Waals surface area contributed by atoms with Crippen molar-refractivity contribution in [3.8, 4) is 0 Å². The van der Waals surface area contributed by atoms with Crippen molar-refractivity contribution in [1.82, 2.24) is 0 Å². The van der Waals surface area contributed by atoms with Crippen molar-refractivity contribution >= 4 is 33.2 Å². The molecule has 0 aromatic heterocycles. The molecule has 1 aromatic rings. The second-order valence-corrected chi connectivity index (χ2v) is 6.34. The maximum atomic E-state index is 6.02. The van der Waals surface area contributed by atoms with E-state index in [-0.39, 0.29) is 0 Å². The van der Waals surface area contributed by atoms with E-state index in [9.17, 15) is 0 Å². The van der Waals surface area contributed by atoms with Crippen molar-refractivity contribution in [3.05, 3.63) is 27.7 Å². The minimum Gasteiger partial charge on any atom is -0.381 e. The van der Waals surface area contributed by atoms with Gasteiger partial charge >= 0.3 is 0 Å². The van der Waals surface area contributed by atoms with Gasteiger partial charge in [-0.25, -0.2) is 0 Å². The second-order valence-electron chi connectivity index (χ2n) is 5.05. The minimum atomic E-state index is 0.661. The maximum Gasteiger partial charge on any atom is 0.0501 e. The average molecular weight is 301 g/mol. The molecule has 0 aliphatic heterocycles. The summed E-state index contributed by atoms with van der Waals surface area (Å²) in [6, 6.07) is 6.60. The lowest BCUT2D eigenvalue weighted by atomic mass is 9.95. The van der Waals surface area contributed by atoms with Crippen LogP contribution >= 0.6 is 27.5 Å². The Morgan fingerprint density at radius 2 is 2.12 bits per heavy atom. The van der Waals surface area contributed by atoms with E-state index in [4.69, 9.17) is 11.6 Å². The standard InChI is InChI=1S/C13H15BrClN/c14-11-4-3-10(15)7-13(11)16-12-6-8-1-2-9(12)5-8/h3-4,7-9,12,16H,1-2,5-6H2. The summed E-state index contributed by atoms with van der Waals surface area (Å²) >= 11 is 9.59. The highest BCUT2D eigenvalue weighted by Gasteiger charge is 2.39. The Bertz CT molecular complexity index is 407. The van der Waals surface area contributed by atoms with Gasteiger partial charge < -0.3 is 5.32 Å². The molecule has 0 amide bonds. The summed E-state index contributed by atoms with van der Waals surface area (Å²) in [6.07, 6.45) is 5.61. The molecule has 1 nitrogen and oxygen atoms in total. The summed E-state index contributed by atoms with van der Waals surface area (Å²) in [6.45, 7) is 0. The Balaban J connectivity index is 1.76. The first kappa shape index (κ1) is 10.9. The van der Waals surface area contributed by atoms with Crippen LogP contribution in [0, 0.1) is 11.8 Å². The van der Waals surface area contributed by atoms with E-state index in [1.54, 1.807) is 0 Å². The predicted octanol–water partition coefficient (Wildman–Crippen LogP) is 4.70. The van der Waals surface area contributed by atoms with Gasteiger partial charge in [-0.1, -0.05) is 18.0 Å². The Hall–Kier alpha value is -0.210. The third-order valence-electron chi connectivity index (χ3n) is 4.01. The van der Waals surface area contributed by atoms with Crippen LogP contribution in [-0.4, -0.2) is 6.04 Å².